The number of hydrogen-bond acceptors (Lipinski definition) is 20. The molecule has 0 bridgehead atoms. The van der Waals surface area contributed by atoms with Crippen molar-refractivity contribution in [1.82, 2.24) is 28.9 Å². The van der Waals surface area contributed by atoms with Crippen molar-refractivity contribution < 1.29 is 72.7 Å². The number of carbonyl (C=O) groups is 2. The molecular formula is C74H95Cl12N7O16S3. The number of carbonyl (C=O) groups excluding carboxylic acids is 2. The van der Waals surface area contributed by atoms with Gasteiger partial charge in [0, 0.05) is 139 Å². The number of halogens is 12. The molecule has 23 nitrogen and oxygen atoms in total. The fraction of sp³-hybridized carbons (Fsp3) is 0.486. The molecule has 6 aromatic carbocycles. The van der Waals surface area contributed by atoms with Crippen molar-refractivity contribution >= 4 is 181 Å². The van der Waals surface area contributed by atoms with E-state index in [-0.39, 0.29) is 92.5 Å². The minimum absolute atomic E-state index is 0. The summed E-state index contributed by atoms with van der Waals surface area (Å²) in [6.45, 7) is 9.36. The minimum atomic E-state index is -3.73. The molecule has 624 valence electrons. The van der Waals surface area contributed by atoms with E-state index in [0.29, 0.717) is 122 Å². The lowest BCUT2D eigenvalue weighted by Crippen LogP contribution is -2.31. The number of hydrogen-bond donors (Lipinski definition) is 4. The van der Waals surface area contributed by atoms with Gasteiger partial charge in [-0.25, -0.2) is 44.2 Å². The lowest BCUT2D eigenvalue weighted by molar-refractivity contribution is -0.119. The largest absolute Gasteiger partial charge is 0.515 e. The number of nitrogens with zero attached hydrogens (tertiary/aromatic N) is 3. The first-order valence-corrected chi connectivity index (χ1v) is 43.5. The first kappa shape index (κ1) is 99.6. The number of nitrogens with two attached hydrogens (primary N) is 1. The molecule has 3 aliphatic rings. The first-order chi connectivity index (χ1) is 52.0. The van der Waals surface area contributed by atoms with Gasteiger partial charge in [-0.15, -0.1) is 0 Å². The molecule has 3 aliphatic heterocycles. The number of rotatable bonds is 37. The van der Waals surface area contributed by atoms with Crippen molar-refractivity contribution in [2.45, 2.75) is 101 Å². The van der Waals surface area contributed by atoms with Crippen LogP contribution in [0.1, 0.15) is 108 Å². The Balaban J connectivity index is 0.000000402. The van der Waals surface area contributed by atoms with Gasteiger partial charge in [0.05, 0.1) is 80.8 Å². The van der Waals surface area contributed by atoms with Crippen LogP contribution in [-0.4, -0.2) is 206 Å². The molecule has 38 heteroatoms. The number of sulfonamides is 3. The molecule has 112 heavy (non-hydrogen) atoms. The standard InChI is InChI=1S/C47H58Cl4N4O9S2.C22H29Cl2N3O4S.C3Cl6O3.2CH4/c1-54-29-42(40-25-35(48)27-46(50)44(40)31-54)33-7-11-38(12-8-33)65(57,58)52-15-19-63-23-21-61-17-3-5-37(56)6-4-18-62-22-24-64-20-16-53-66(59,60)39-13-9-34(10-14-39)43-30-55(2)32-45-41(43)26-36(49)28-47(45)51;1-27-14-20(19-12-17(23)13-22(24)21(19)15-27)16-2-4-18(5-3-16)32(28,29)26-7-9-31-11-10-30-8-6-25;4-2(5,6)11-1(10)12-3(7,8)9;;/h7-14,25-28,42-43,52-53H,3-6,15-24,29-32H2,1-2H3;2-5,12-13,20,26H,6-11,14-15,25H2,1H3;;2*1H4. The fourth-order valence-corrected chi connectivity index (χ4v) is 17.3. The third-order valence-electron chi connectivity index (χ3n) is 17.1. The average molecular weight is 1860 g/mol. The van der Waals surface area contributed by atoms with Crippen molar-refractivity contribution in [3.63, 3.8) is 0 Å². The summed E-state index contributed by atoms with van der Waals surface area (Å²) in [6, 6.07) is 31.8. The maximum Gasteiger partial charge on any atom is 0.515 e. The molecule has 0 radical (unpaired) electrons. The van der Waals surface area contributed by atoms with E-state index in [4.69, 9.17) is 173 Å². The van der Waals surface area contributed by atoms with Gasteiger partial charge in [0.15, 0.2) is 0 Å². The Morgan fingerprint density at radius 1 is 0.411 bits per heavy atom. The Bertz CT molecular complexity index is 4130. The average Bonchev–Trinajstić information content (AvgIpc) is 0.784. The lowest BCUT2D eigenvalue weighted by atomic mass is 9.85. The van der Waals surface area contributed by atoms with Crippen LogP contribution in [0.5, 0.6) is 0 Å². The molecule has 6 aromatic rings. The second-order valence-electron chi connectivity index (χ2n) is 25.6. The zero-order valence-corrected chi connectivity index (χ0v) is 71.7. The highest BCUT2D eigenvalue weighted by atomic mass is 35.6. The number of nitrogens with one attached hydrogen (secondary N) is 3. The Hall–Kier alpha value is -2.93. The minimum Gasteiger partial charge on any atom is -0.382 e. The summed E-state index contributed by atoms with van der Waals surface area (Å²) in [5, 5.41) is 3.65. The number of ketones is 1. The van der Waals surface area contributed by atoms with Crippen LogP contribution in [-0.2, 0) is 92.4 Å². The number of fused-ring (bicyclic) bond motifs is 3. The monoisotopic (exact) mass is 1850 g/mol. The molecular weight excluding hydrogens is 1760 g/mol. The molecule has 0 spiro atoms. The second kappa shape index (κ2) is 48.4. The number of benzene rings is 6. The van der Waals surface area contributed by atoms with Gasteiger partial charge in [-0.1, -0.05) is 121 Å². The van der Waals surface area contributed by atoms with Gasteiger partial charge < -0.3 is 58.3 Å². The van der Waals surface area contributed by atoms with Gasteiger partial charge in [-0.2, -0.15) is 0 Å². The summed E-state index contributed by atoms with van der Waals surface area (Å²) in [7, 11) is -4.99. The normalized spacial score (nSPS) is 16.1. The highest BCUT2D eigenvalue weighted by Gasteiger charge is 2.34. The zero-order chi connectivity index (χ0) is 80.4. The summed E-state index contributed by atoms with van der Waals surface area (Å²) in [6.07, 6.45) is 0.571. The predicted molar refractivity (Wildman–Crippen MR) is 448 cm³/mol. The van der Waals surface area contributed by atoms with Crippen LogP contribution in [0.15, 0.2) is 124 Å². The van der Waals surface area contributed by atoms with Crippen LogP contribution in [0.25, 0.3) is 0 Å². The van der Waals surface area contributed by atoms with E-state index >= 15 is 0 Å². The van der Waals surface area contributed by atoms with E-state index in [2.05, 4.69) is 38.3 Å². The third-order valence-corrected chi connectivity index (χ3v) is 23.7. The predicted octanol–water partition coefficient (Wildman–Crippen LogP) is 15.8. The van der Waals surface area contributed by atoms with Crippen LogP contribution >= 0.6 is 139 Å². The molecule has 0 saturated carbocycles. The number of ether oxygens (including phenoxy) is 8. The van der Waals surface area contributed by atoms with Crippen molar-refractivity contribution in [1.29, 1.82) is 0 Å². The van der Waals surface area contributed by atoms with Gasteiger partial charge in [-0.05, 0) is 226 Å². The Labute approximate surface area is 718 Å². The molecule has 5 N–H and O–H groups in total. The highest BCUT2D eigenvalue weighted by molar-refractivity contribution is 7.90. The van der Waals surface area contributed by atoms with Crippen LogP contribution in [0.3, 0.4) is 0 Å². The van der Waals surface area contributed by atoms with E-state index in [1.54, 1.807) is 54.6 Å². The van der Waals surface area contributed by atoms with Gasteiger partial charge in [0.25, 0.3) is 0 Å². The molecule has 0 saturated heterocycles. The smallest absolute Gasteiger partial charge is 0.382 e. The van der Waals surface area contributed by atoms with E-state index in [1.165, 1.54) is 0 Å². The summed E-state index contributed by atoms with van der Waals surface area (Å²) in [5.74, 6) is 0.201. The number of Topliss-reactive ketones (excluding diaryl/α,β-unsaturated/α-hetero) is 1. The van der Waals surface area contributed by atoms with Crippen molar-refractivity contribution in [2.75, 3.05) is 146 Å². The van der Waals surface area contributed by atoms with Crippen molar-refractivity contribution in [3.05, 3.63) is 189 Å². The third kappa shape index (κ3) is 33.3. The van der Waals surface area contributed by atoms with Gasteiger partial charge in [0.2, 0.25) is 30.1 Å². The van der Waals surface area contributed by atoms with E-state index in [0.717, 1.165) is 89.3 Å². The number of alkyl halides is 6. The molecule has 3 atom stereocenters. The van der Waals surface area contributed by atoms with Crippen molar-refractivity contribution in [3.8, 4) is 0 Å². The molecule has 9 rings (SSSR count). The fourth-order valence-electron chi connectivity index (χ4n) is 12.2. The molecule has 0 amide bonds. The van der Waals surface area contributed by atoms with E-state index < -0.39 is 44.2 Å². The molecule has 0 aromatic heterocycles. The summed E-state index contributed by atoms with van der Waals surface area (Å²) >= 11 is 68.5. The van der Waals surface area contributed by atoms with Gasteiger partial charge >= 0.3 is 14.1 Å². The molecule has 3 unspecified atom stereocenters. The summed E-state index contributed by atoms with van der Waals surface area (Å²) < 4.78 is 121. The Kier molecular flexibility index (Phi) is 43.0. The maximum absolute atomic E-state index is 12.9. The second-order valence-corrected chi connectivity index (χ2v) is 37.8. The van der Waals surface area contributed by atoms with Crippen LogP contribution < -0.4 is 19.9 Å². The van der Waals surface area contributed by atoms with E-state index in [1.807, 2.05) is 75.7 Å². The zero-order valence-electron chi connectivity index (χ0n) is 60.2. The van der Waals surface area contributed by atoms with Crippen LogP contribution in [0.4, 0.5) is 4.79 Å². The molecule has 0 aliphatic carbocycles. The Morgan fingerprint density at radius 3 is 0.929 bits per heavy atom. The van der Waals surface area contributed by atoms with Crippen LogP contribution in [0.2, 0.25) is 30.1 Å². The first-order valence-electron chi connectivity index (χ1n) is 34.5. The number of likely N-dealkylation sites (N-methyl/N-ethyl adjacent to an activating group) is 3. The highest BCUT2D eigenvalue weighted by Crippen LogP contribution is 2.42. The maximum atomic E-state index is 12.9. The SMILES string of the molecule is C.C.CN1Cc2c(Cl)cc(Cl)cc2C(c2ccc(S(=O)(=O)NCCOCCOCCCC(=O)CCCOCCOCCNS(=O)(=O)c3ccc(C4CN(C)Cc5c(Cl)cc(Cl)cc54)cc3)cc2)C1.CN1Cc2c(Cl)cc(Cl)cc2C(c2ccc(S(=O)(=O)NCCOCCOCCN)cc2)C1.O=C(OC(Cl)(Cl)Cl)OC(Cl)(Cl)Cl. The molecule has 3 heterocycles. The van der Waals surface area contributed by atoms with E-state index in [9.17, 15) is 34.8 Å². The summed E-state index contributed by atoms with van der Waals surface area (Å²) in [4.78, 5) is 29.9. The quantitative estimate of drug-likeness (QED) is 0.0160. The van der Waals surface area contributed by atoms with Crippen molar-refractivity contribution in [2.24, 2.45) is 5.73 Å². The van der Waals surface area contributed by atoms with Gasteiger partial charge in [0.1, 0.15) is 5.78 Å². The topological polar surface area (TPSA) is 282 Å². The summed E-state index contributed by atoms with van der Waals surface area (Å²) in [5.41, 5.74) is 14.6. The van der Waals surface area contributed by atoms with Gasteiger partial charge in [-0.3, -0.25) is 4.79 Å². The molecule has 0 fully saturated rings. The Morgan fingerprint density at radius 2 is 0.670 bits per heavy atom. The van der Waals surface area contributed by atoms with Crippen LogP contribution in [0, 0.1) is 0 Å². The lowest BCUT2D eigenvalue weighted by Gasteiger charge is -2.33.